The monoisotopic (exact) mass is 179 g/mol. The van der Waals surface area contributed by atoms with Crippen LogP contribution in [0.1, 0.15) is 39.0 Å². The first-order valence-electron chi connectivity index (χ1n) is 5.71. The SMILES string of the molecule is C=CCN1C2CCC1CC(CC)C2. The molecule has 13 heavy (non-hydrogen) atoms. The highest BCUT2D eigenvalue weighted by molar-refractivity contribution is 4.96. The molecule has 0 radical (unpaired) electrons. The number of nitrogens with zero attached hydrogens (tertiary/aromatic N) is 1. The van der Waals surface area contributed by atoms with Crippen LogP contribution >= 0.6 is 0 Å². The zero-order valence-corrected chi connectivity index (χ0v) is 8.71. The highest BCUT2D eigenvalue weighted by atomic mass is 15.2. The van der Waals surface area contributed by atoms with Gasteiger partial charge in [-0.15, -0.1) is 6.58 Å². The van der Waals surface area contributed by atoms with Crippen LogP contribution in [0.15, 0.2) is 12.7 Å². The smallest absolute Gasteiger partial charge is 0.0166 e. The summed E-state index contributed by atoms with van der Waals surface area (Å²) in [6, 6.07) is 1.78. The Labute approximate surface area is 81.8 Å². The molecular formula is C12H21N. The molecule has 74 valence electrons. The summed E-state index contributed by atoms with van der Waals surface area (Å²) in [6.45, 7) is 7.31. The van der Waals surface area contributed by atoms with Crippen molar-refractivity contribution in [3.63, 3.8) is 0 Å². The molecule has 1 heteroatoms. The molecule has 1 nitrogen and oxygen atoms in total. The highest BCUT2D eigenvalue weighted by Gasteiger charge is 2.38. The molecule has 2 aliphatic heterocycles. The molecule has 2 rings (SSSR count). The maximum Gasteiger partial charge on any atom is 0.0166 e. The third-order valence-corrected chi connectivity index (χ3v) is 3.90. The Balaban J connectivity index is 2.00. The van der Waals surface area contributed by atoms with Gasteiger partial charge in [0, 0.05) is 18.6 Å². The summed E-state index contributed by atoms with van der Waals surface area (Å²) >= 11 is 0. The van der Waals surface area contributed by atoms with Gasteiger partial charge in [-0.25, -0.2) is 0 Å². The first-order valence-corrected chi connectivity index (χ1v) is 5.71. The minimum atomic E-state index is 0.890. The fourth-order valence-corrected chi connectivity index (χ4v) is 3.17. The topological polar surface area (TPSA) is 3.24 Å². The van der Waals surface area contributed by atoms with Crippen LogP contribution in [0.2, 0.25) is 0 Å². The van der Waals surface area contributed by atoms with Crippen molar-refractivity contribution in [2.45, 2.75) is 51.1 Å². The highest BCUT2D eigenvalue weighted by Crippen LogP contribution is 2.39. The second kappa shape index (κ2) is 3.83. The molecule has 2 bridgehead atoms. The van der Waals surface area contributed by atoms with Gasteiger partial charge >= 0.3 is 0 Å². The lowest BCUT2D eigenvalue weighted by Crippen LogP contribution is -2.42. The maximum atomic E-state index is 3.85. The largest absolute Gasteiger partial charge is 0.294 e. The summed E-state index contributed by atoms with van der Waals surface area (Å²) in [5.74, 6) is 1.01. The summed E-state index contributed by atoms with van der Waals surface area (Å²) in [6.07, 6.45) is 9.22. The number of fused-ring (bicyclic) bond motifs is 2. The molecular weight excluding hydrogens is 158 g/mol. The van der Waals surface area contributed by atoms with Crippen molar-refractivity contribution < 1.29 is 0 Å². The predicted molar refractivity (Wildman–Crippen MR) is 56.7 cm³/mol. The maximum absolute atomic E-state index is 3.85. The van der Waals surface area contributed by atoms with Gasteiger partial charge in [-0.1, -0.05) is 19.4 Å². The number of hydrogen-bond acceptors (Lipinski definition) is 1. The Hall–Kier alpha value is -0.300. The van der Waals surface area contributed by atoms with E-state index in [2.05, 4.69) is 24.5 Å². The lowest BCUT2D eigenvalue weighted by molar-refractivity contribution is 0.115. The minimum Gasteiger partial charge on any atom is -0.294 e. The van der Waals surface area contributed by atoms with E-state index in [4.69, 9.17) is 0 Å². The number of rotatable bonds is 3. The zero-order valence-electron chi connectivity index (χ0n) is 8.71. The Bertz CT molecular complexity index is 174. The molecule has 0 spiro atoms. The van der Waals surface area contributed by atoms with E-state index in [0.717, 1.165) is 24.5 Å². The second-order valence-corrected chi connectivity index (χ2v) is 4.62. The van der Waals surface area contributed by atoms with Gasteiger partial charge in [0.25, 0.3) is 0 Å². The van der Waals surface area contributed by atoms with E-state index in [-0.39, 0.29) is 0 Å². The number of hydrogen-bond donors (Lipinski definition) is 0. The first-order chi connectivity index (χ1) is 6.35. The van der Waals surface area contributed by atoms with Gasteiger partial charge in [0.05, 0.1) is 0 Å². The van der Waals surface area contributed by atoms with Crippen LogP contribution in [0.5, 0.6) is 0 Å². The molecule has 0 aliphatic carbocycles. The van der Waals surface area contributed by atoms with Gasteiger partial charge in [-0.05, 0) is 31.6 Å². The summed E-state index contributed by atoms with van der Waals surface area (Å²) < 4.78 is 0. The third-order valence-electron chi connectivity index (χ3n) is 3.90. The van der Waals surface area contributed by atoms with E-state index < -0.39 is 0 Å². The van der Waals surface area contributed by atoms with Crippen LogP contribution in [0, 0.1) is 5.92 Å². The summed E-state index contributed by atoms with van der Waals surface area (Å²) in [5, 5.41) is 0. The van der Waals surface area contributed by atoms with E-state index in [1.807, 2.05) is 0 Å². The standard InChI is InChI=1S/C12H21N/c1-3-7-13-11-5-6-12(13)9-10(4-2)8-11/h3,10-12H,1,4-9H2,2H3. The van der Waals surface area contributed by atoms with Gasteiger partial charge < -0.3 is 0 Å². The van der Waals surface area contributed by atoms with Crippen molar-refractivity contribution in [2.24, 2.45) is 5.92 Å². The van der Waals surface area contributed by atoms with Crippen molar-refractivity contribution in [1.29, 1.82) is 0 Å². The van der Waals surface area contributed by atoms with E-state index in [9.17, 15) is 0 Å². The van der Waals surface area contributed by atoms with Crippen LogP contribution < -0.4 is 0 Å². The van der Waals surface area contributed by atoms with Crippen molar-refractivity contribution in [2.75, 3.05) is 6.54 Å². The Morgan fingerprint density at radius 1 is 1.31 bits per heavy atom. The van der Waals surface area contributed by atoms with Crippen molar-refractivity contribution >= 4 is 0 Å². The first kappa shape index (κ1) is 9.26. The average molecular weight is 179 g/mol. The van der Waals surface area contributed by atoms with Gasteiger partial charge in [0.15, 0.2) is 0 Å². The molecule has 0 aromatic carbocycles. The van der Waals surface area contributed by atoms with Gasteiger partial charge in [0.1, 0.15) is 0 Å². The Morgan fingerprint density at radius 2 is 1.92 bits per heavy atom. The molecule has 0 saturated carbocycles. The molecule has 2 fully saturated rings. The second-order valence-electron chi connectivity index (χ2n) is 4.62. The van der Waals surface area contributed by atoms with E-state index in [1.54, 1.807) is 0 Å². The van der Waals surface area contributed by atoms with Gasteiger partial charge in [-0.2, -0.15) is 0 Å². The van der Waals surface area contributed by atoms with E-state index in [0.29, 0.717) is 0 Å². The normalized spacial score (nSPS) is 39.3. The molecule has 0 aromatic heterocycles. The fourth-order valence-electron chi connectivity index (χ4n) is 3.17. The van der Waals surface area contributed by atoms with Crippen molar-refractivity contribution in [3.05, 3.63) is 12.7 Å². The van der Waals surface area contributed by atoms with Gasteiger partial charge in [0.2, 0.25) is 0 Å². The minimum absolute atomic E-state index is 0.890. The van der Waals surface area contributed by atoms with Crippen LogP contribution in [-0.4, -0.2) is 23.5 Å². The molecule has 2 heterocycles. The molecule has 0 amide bonds. The zero-order chi connectivity index (χ0) is 9.26. The molecule has 0 N–H and O–H groups in total. The molecule has 0 aromatic rings. The van der Waals surface area contributed by atoms with Crippen LogP contribution in [-0.2, 0) is 0 Å². The average Bonchev–Trinajstić information content (AvgIpc) is 2.39. The molecule has 2 unspecified atom stereocenters. The predicted octanol–water partition coefficient (Wildman–Crippen LogP) is 2.83. The lowest BCUT2D eigenvalue weighted by Gasteiger charge is -2.38. The lowest BCUT2D eigenvalue weighted by atomic mass is 9.89. The van der Waals surface area contributed by atoms with Crippen LogP contribution in [0.3, 0.4) is 0 Å². The van der Waals surface area contributed by atoms with Crippen LogP contribution in [0.4, 0.5) is 0 Å². The summed E-state index contributed by atoms with van der Waals surface area (Å²) in [7, 11) is 0. The molecule has 2 saturated heterocycles. The van der Waals surface area contributed by atoms with E-state index in [1.165, 1.54) is 32.1 Å². The van der Waals surface area contributed by atoms with Gasteiger partial charge in [-0.3, -0.25) is 4.90 Å². The van der Waals surface area contributed by atoms with Crippen LogP contribution in [0.25, 0.3) is 0 Å². The summed E-state index contributed by atoms with van der Waals surface area (Å²) in [4.78, 5) is 2.68. The number of piperidine rings is 1. The Morgan fingerprint density at radius 3 is 2.38 bits per heavy atom. The quantitative estimate of drug-likeness (QED) is 0.602. The van der Waals surface area contributed by atoms with Crippen molar-refractivity contribution in [3.8, 4) is 0 Å². The van der Waals surface area contributed by atoms with E-state index >= 15 is 0 Å². The molecule has 2 atom stereocenters. The molecule has 2 aliphatic rings. The van der Waals surface area contributed by atoms with Crippen molar-refractivity contribution in [1.82, 2.24) is 4.90 Å². The Kier molecular flexibility index (Phi) is 2.73. The fraction of sp³-hybridized carbons (Fsp3) is 0.833. The third kappa shape index (κ3) is 1.67. The summed E-state index contributed by atoms with van der Waals surface area (Å²) in [5.41, 5.74) is 0.